The van der Waals surface area contributed by atoms with E-state index in [9.17, 15) is 14.3 Å². The van der Waals surface area contributed by atoms with E-state index in [0.717, 1.165) is 22.3 Å². The molecule has 146 valence electrons. The number of carbonyl (C=O) groups is 1. The molecule has 0 aliphatic carbocycles. The highest BCUT2D eigenvalue weighted by Gasteiger charge is 2.41. The molecule has 1 amide bonds. The van der Waals surface area contributed by atoms with Gasteiger partial charge in [-0.1, -0.05) is 71.8 Å². The molecule has 29 heavy (non-hydrogen) atoms. The van der Waals surface area contributed by atoms with E-state index < -0.39 is 11.9 Å². The zero-order chi connectivity index (χ0) is 20.5. The van der Waals surface area contributed by atoms with Gasteiger partial charge in [0.05, 0.1) is 6.04 Å². The number of hydrogen-bond acceptors (Lipinski definition) is 2. The van der Waals surface area contributed by atoms with Crippen molar-refractivity contribution in [1.29, 1.82) is 0 Å². The van der Waals surface area contributed by atoms with Crippen LogP contribution in [-0.4, -0.2) is 15.9 Å². The first-order valence-corrected chi connectivity index (χ1v) is 9.56. The van der Waals surface area contributed by atoms with Crippen LogP contribution in [0, 0.1) is 19.7 Å². The van der Waals surface area contributed by atoms with E-state index in [1.807, 2.05) is 62.4 Å². The number of amides is 1. The van der Waals surface area contributed by atoms with Gasteiger partial charge in [-0.3, -0.25) is 4.79 Å². The summed E-state index contributed by atoms with van der Waals surface area (Å²) in [5.41, 5.74) is 5.05. The standard InChI is InChI=1S/C25H22FNO2/c1-16-6-10-18(11-7-16)15-27-23(20-4-3-5-21(26)14-20)22(24(28)25(27)29)19-12-8-17(2)9-13-19/h3-14,23,28H,15H2,1-2H3. The molecule has 0 spiro atoms. The molecule has 1 atom stereocenters. The minimum absolute atomic E-state index is 0.282. The summed E-state index contributed by atoms with van der Waals surface area (Å²) in [5, 5.41) is 10.8. The second-order valence-electron chi connectivity index (χ2n) is 7.50. The molecular formula is C25H22FNO2. The van der Waals surface area contributed by atoms with Crippen LogP contribution in [0.3, 0.4) is 0 Å². The van der Waals surface area contributed by atoms with Gasteiger partial charge < -0.3 is 10.0 Å². The van der Waals surface area contributed by atoms with Crippen molar-refractivity contribution in [3.8, 4) is 0 Å². The lowest BCUT2D eigenvalue weighted by atomic mass is 9.93. The summed E-state index contributed by atoms with van der Waals surface area (Å²) in [4.78, 5) is 14.6. The van der Waals surface area contributed by atoms with Crippen molar-refractivity contribution in [3.05, 3.63) is 112 Å². The largest absolute Gasteiger partial charge is 0.503 e. The fourth-order valence-electron chi connectivity index (χ4n) is 3.76. The second-order valence-corrected chi connectivity index (χ2v) is 7.50. The molecular weight excluding hydrogens is 365 g/mol. The predicted molar refractivity (Wildman–Crippen MR) is 112 cm³/mol. The Kier molecular flexibility index (Phi) is 4.93. The highest BCUT2D eigenvalue weighted by molar-refractivity contribution is 6.05. The molecule has 0 saturated carbocycles. The molecule has 3 nitrogen and oxygen atoms in total. The summed E-state index contributed by atoms with van der Waals surface area (Å²) in [6, 6.07) is 21.2. The van der Waals surface area contributed by atoms with E-state index in [4.69, 9.17) is 0 Å². The maximum absolute atomic E-state index is 14.0. The van der Waals surface area contributed by atoms with Crippen LogP contribution < -0.4 is 0 Å². The van der Waals surface area contributed by atoms with Crippen molar-refractivity contribution in [3.63, 3.8) is 0 Å². The Bertz CT molecular complexity index is 1080. The molecule has 1 aliphatic rings. The first-order chi connectivity index (χ1) is 13.9. The Balaban J connectivity index is 1.81. The zero-order valence-corrected chi connectivity index (χ0v) is 16.4. The van der Waals surface area contributed by atoms with E-state index in [1.165, 1.54) is 12.1 Å². The third kappa shape index (κ3) is 3.66. The average Bonchev–Trinajstić information content (AvgIpc) is 2.95. The second kappa shape index (κ2) is 7.55. The molecule has 1 N–H and O–H groups in total. The first kappa shape index (κ1) is 18.9. The Hall–Kier alpha value is -3.40. The van der Waals surface area contributed by atoms with Crippen LogP contribution in [-0.2, 0) is 11.3 Å². The number of rotatable bonds is 4. The maximum Gasteiger partial charge on any atom is 0.290 e. The smallest absolute Gasteiger partial charge is 0.290 e. The van der Waals surface area contributed by atoms with Crippen LogP contribution in [0.1, 0.15) is 33.9 Å². The number of nitrogens with zero attached hydrogens (tertiary/aromatic N) is 1. The number of aryl methyl sites for hydroxylation is 2. The van der Waals surface area contributed by atoms with Crippen LogP contribution in [0.15, 0.2) is 78.6 Å². The number of carbonyl (C=O) groups excluding carboxylic acids is 1. The molecule has 1 unspecified atom stereocenters. The maximum atomic E-state index is 14.0. The minimum Gasteiger partial charge on any atom is -0.503 e. The molecule has 0 fully saturated rings. The summed E-state index contributed by atoms with van der Waals surface area (Å²) in [7, 11) is 0. The van der Waals surface area contributed by atoms with Gasteiger partial charge in [-0.25, -0.2) is 4.39 Å². The van der Waals surface area contributed by atoms with Gasteiger partial charge in [0.15, 0.2) is 5.76 Å². The van der Waals surface area contributed by atoms with Crippen molar-refractivity contribution in [2.45, 2.75) is 26.4 Å². The van der Waals surface area contributed by atoms with Crippen LogP contribution in [0.25, 0.3) is 5.57 Å². The summed E-state index contributed by atoms with van der Waals surface area (Å²) in [5.74, 6) is -1.11. The van der Waals surface area contributed by atoms with Gasteiger partial charge in [0.1, 0.15) is 5.82 Å². The van der Waals surface area contributed by atoms with Gasteiger partial charge in [0.25, 0.3) is 5.91 Å². The number of aliphatic hydroxyl groups excluding tert-OH is 1. The lowest BCUT2D eigenvalue weighted by Crippen LogP contribution is -2.29. The molecule has 1 aliphatic heterocycles. The fourth-order valence-corrected chi connectivity index (χ4v) is 3.76. The van der Waals surface area contributed by atoms with Crippen LogP contribution >= 0.6 is 0 Å². The molecule has 3 aromatic rings. The summed E-state index contributed by atoms with van der Waals surface area (Å²) in [6.45, 7) is 4.30. The van der Waals surface area contributed by atoms with Gasteiger partial charge in [-0.2, -0.15) is 0 Å². The van der Waals surface area contributed by atoms with Crippen LogP contribution in [0.5, 0.6) is 0 Å². The van der Waals surface area contributed by atoms with Gasteiger partial charge in [0.2, 0.25) is 0 Å². The molecule has 0 aromatic heterocycles. The van der Waals surface area contributed by atoms with Crippen LogP contribution in [0.4, 0.5) is 4.39 Å². The number of benzene rings is 3. The lowest BCUT2D eigenvalue weighted by molar-refractivity contribution is -0.130. The van der Waals surface area contributed by atoms with Crippen molar-refractivity contribution in [2.75, 3.05) is 0 Å². The normalized spacial score (nSPS) is 16.6. The Labute approximate surface area is 169 Å². The predicted octanol–water partition coefficient (Wildman–Crippen LogP) is 5.50. The fraction of sp³-hybridized carbons (Fsp3) is 0.160. The van der Waals surface area contributed by atoms with Gasteiger partial charge in [0, 0.05) is 12.1 Å². The highest BCUT2D eigenvalue weighted by Crippen LogP contribution is 2.43. The van der Waals surface area contributed by atoms with Crippen molar-refractivity contribution >= 4 is 11.5 Å². The number of hydrogen-bond donors (Lipinski definition) is 1. The number of aliphatic hydroxyl groups is 1. The minimum atomic E-state index is -0.567. The van der Waals surface area contributed by atoms with Crippen LogP contribution in [0.2, 0.25) is 0 Å². The molecule has 4 heteroatoms. The Morgan fingerprint density at radius 1 is 0.931 bits per heavy atom. The van der Waals surface area contributed by atoms with Crippen molar-refractivity contribution in [1.82, 2.24) is 4.90 Å². The molecule has 0 bridgehead atoms. The van der Waals surface area contributed by atoms with E-state index in [0.29, 0.717) is 17.7 Å². The summed E-state index contributed by atoms with van der Waals surface area (Å²) in [6.07, 6.45) is 0. The first-order valence-electron chi connectivity index (χ1n) is 9.56. The third-order valence-corrected chi connectivity index (χ3v) is 5.30. The molecule has 4 rings (SSSR count). The summed E-state index contributed by atoms with van der Waals surface area (Å²) < 4.78 is 14.0. The lowest BCUT2D eigenvalue weighted by Gasteiger charge is -2.27. The Morgan fingerprint density at radius 3 is 2.17 bits per heavy atom. The Morgan fingerprint density at radius 2 is 1.55 bits per heavy atom. The van der Waals surface area contributed by atoms with Crippen molar-refractivity contribution < 1.29 is 14.3 Å². The average molecular weight is 387 g/mol. The topological polar surface area (TPSA) is 40.5 Å². The van der Waals surface area contributed by atoms with E-state index in [2.05, 4.69) is 0 Å². The van der Waals surface area contributed by atoms with Crippen molar-refractivity contribution in [2.24, 2.45) is 0 Å². The quantitative estimate of drug-likeness (QED) is 0.643. The zero-order valence-electron chi connectivity index (χ0n) is 16.4. The van der Waals surface area contributed by atoms with Gasteiger partial charge in [-0.15, -0.1) is 0 Å². The van der Waals surface area contributed by atoms with Gasteiger partial charge in [-0.05, 0) is 42.7 Å². The van der Waals surface area contributed by atoms with E-state index in [1.54, 1.807) is 17.0 Å². The van der Waals surface area contributed by atoms with Gasteiger partial charge >= 0.3 is 0 Å². The molecule has 0 saturated heterocycles. The molecule has 3 aromatic carbocycles. The molecule has 0 radical (unpaired) electrons. The van der Waals surface area contributed by atoms with E-state index >= 15 is 0 Å². The van der Waals surface area contributed by atoms with E-state index in [-0.39, 0.29) is 11.6 Å². The monoisotopic (exact) mass is 387 g/mol. The molecule has 1 heterocycles. The summed E-state index contributed by atoms with van der Waals surface area (Å²) >= 11 is 0. The third-order valence-electron chi connectivity index (χ3n) is 5.30. The highest BCUT2D eigenvalue weighted by atomic mass is 19.1. The number of halogens is 1. The SMILES string of the molecule is Cc1ccc(CN2C(=O)C(O)=C(c3ccc(C)cc3)C2c2cccc(F)c2)cc1.